The molecular formula is C17H11ClFN3O5S. The molecule has 2 aromatic rings. The molecule has 11 heteroatoms. The number of hydrogen-bond acceptors (Lipinski definition) is 6. The third kappa shape index (κ3) is 3.82. The van der Waals surface area contributed by atoms with Crippen molar-refractivity contribution in [3.05, 3.63) is 69.5 Å². The van der Waals surface area contributed by atoms with Crippen LogP contribution in [0, 0.1) is 15.9 Å². The Morgan fingerprint density at radius 1 is 1.21 bits per heavy atom. The normalized spacial score (nSPS) is 15.2. The lowest BCUT2D eigenvalue weighted by molar-refractivity contribution is -0.385. The first-order valence-electron chi connectivity index (χ1n) is 7.43. The van der Waals surface area contributed by atoms with Gasteiger partial charge in [-0.05, 0) is 42.1 Å². The minimum absolute atomic E-state index is 0. The highest BCUT2D eigenvalue weighted by atomic mass is 35.5. The van der Waals surface area contributed by atoms with Crippen molar-refractivity contribution in [1.29, 1.82) is 0 Å². The van der Waals surface area contributed by atoms with Gasteiger partial charge in [-0.3, -0.25) is 25.0 Å². The zero-order valence-corrected chi connectivity index (χ0v) is 15.4. The van der Waals surface area contributed by atoms with Crippen molar-refractivity contribution in [2.24, 2.45) is 0 Å². The summed E-state index contributed by atoms with van der Waals surface area (Å²) >= 11 is 4.97. The number of phenolic OH excluding ortho intramolecular Hbond substituents is 1. The van der Waals surface area contributed by atoms with Crippen molar-refractivity contribution in [2.75, 3.05) is 4.90 Å². The van der Waals surface area contributed by atoms with Gasteiger partial charge in [-0.25, -0.2) is 9.29 Å². The summed E-state index contributed by atoms with van der Waals surface area (Å²) in [5.74, 6) is -2.99. The molecule has 3 rings (SSSR count). The zero-order valence-electron chi connectivity index (χ0n) is 13.8. The van der Waals surface area contributed by atoms with Crippen molar-refractivity contribution >= 4 is 59.0 Å². The van der Waals surface area contributed by atoms with Gasteiger partial charge in [-0.2, -0.15) is 0 Å². The number of benzene rings is 2. The van der Waals surface area contributed by atoms with Crippen LogP contribution in [-0.4, -0.2) is 27.0 Å². The highest BCUT2D eigenvalue weighted by Gasteiger charge is 2.35. The van der Waals surface area contributed by atoms with Gasteiger partial charge in [0, 0.05) is 6.07 Å². The first kappa shape index (κ1) is 20.9. The van der Waals surface area contributed by atoms with Crippen LogP contribution in [0.1, 0.15) is 5.56 Å². The summed E-state index contributed by atoms with van der Waals surface area (Å²) < 4.78 is 14.1. The van der Waals surface area contributed by atoms with Crippen LogP contribution in [-0.2, 0) is 9.59 Å². The van der Waals surface area contributed by atoms with Gasteiger partial charge in [0.25, 0.3) is 11.8 Å². The van der Waals surface area contributed by atoms with E-state index in [1.165, 1.54) is 24.3 Å². The molecule has 0 saturated carbocycles. The average molecular weight is 424 g/mol. The van der Waals surface area contributed by atoms with E-state index in [9.17, 15) is 29.2 Å². The molecule has 1 saturated heterocycles. The number of aromatic hydroxyl groups is 1. The van der Waals surface area contributed by atoms with Crippen LogP contribution in [0.15, 0.2) is 48.0 Å². The van der Waals surface area contributed by atoms with E-state index in [-0.39, 0.29) is 28.8 Å². The Morgan fingerprint density at radius 3 is 2.54 bits per heavy atom. The van der Waals surface area contributed by atoms with Crippen LogP contribution >= 0.6 is 24.6 Å². The maximum atomic E-state index is 14.1. The third-order valence-electron chi connectivity index (χ3n) is 3.70. The van der Waals surface area contributed by atoms with Crippen LogP contribution in [0.3, 0.4) is 0 Å². The molecule has 0 radical (unpaired) electrons. The number of carbonyl (C=O) groups excluding carboxylic acids is 2. The van der Waals surface area contributed by atoms with Gasteiger partial charge in [0.05, 0.1) is 10.6 Å². The summed E-state index contributed by atoms with van der Waals surface area (Å²) in [6.45, 7) is 0. The van der Waals surface area contributed by atoms with Crippen LogP contribution in [0.25, 0.3) is 6.08 Å². The van der Waals surface area contributed by atoms with Crippen molar-refractivity contribution in [1.82, 2.24) is 5.32 Å². The molecule has 0 unspecified atom stereocenters. The number of nitrogens with one attached hydrogen (secondary N) is 1. The number of phenols is 1. The van der Waals surface area contributed by atoms with E-state index in [0.29, 0.717) is 0 Å². The summed E-state index contributed by atoms with van der Waals surface area (Å²) in [5, 5.41) is 22.4. The summed E-state index contributed by atoms with van der Waals surface area (Å²) in [6, 6.07) is 8.74. The highest BCUT2D eigenvalue weighted by molar-refractivity contribution is 7.80. The molecule has 0 atom stereocenters. The molecule has 8 nitrogen and oxygen atoms in total. The number of nitro benzene ring substituents is 1. The molecule has 2 aromatic carbocycles. The highest BCUT2D eigenvalue weighted by Crippen LogP contribution is 2.29. The van der Waals surface area contributed by atoms with Gasteiger partial charge in [0.2, 0.25) is 0 Å². The molecule has 0 spiro atoms. The van der Waals surface area contributed by atoms with Gasteiger partial charge in [-0.1, -0.05) is 18.2 Å². The SMILES string of the molecule is Cl.O=C1NC(=S)N(c2ccccc2F)C(=O)C1=Cc1ccc(O)c([N+](=O)[O-])c1. The van der Waals surface area contributed by atoms with Gasteiger partial charge >= 0.3 is 5.69 Å². The Hall–Kier alpha value is -3.37. The zero-order chi connectivity index (χ0) is 19.7. The summed E-state index contributed by atoms with van der Waals surface area (Å²) in [4.78, 5) is 35.9. The maximum Gasteiger partial charge on any atom is 0.311 e. The second kappa shape index (κ2) is 8.11. The number of nitrogens with zero attached hydrogens (tertiary/aromatic N) is 2. The number of carbonyl (C=O) groups is 2. The second-order valence-electron chi connectivity index (χ2n) is 5.41. The monoisotopic (exact) mass is 423 g/mol. The number of amides is 2. The van der Waals surface area contributed by atoms with Crippen LogP contribution < -0.4 is 10.2 Å². The van der Waals surface area contributed by atoms with E-state index in [1.807, 2.05) is 0 Å². The lowest BCUT2D eigenvalue weighted by atomic mass is 10.1. The molecule has 28 heavy (non-hydrogen) atoms. The Kier molecular flexibility index (Phi) is 6.06. The Bertz CT molecular complexity index is 1040. The van der Waals surface area contributed by atoms with Gasteiger partial charge in [0.1, 0.15) is 11.4 Å². The molecule has 144 valence electrons. The average Bonchev–Trinajstić information content (AvgIpc) is 2.61. The van der Waals surface area contributed by atoms with Crippen molar-refractivity contribution < 1.29 is 24.0 Å². The van der Waals surface area contributed by atoms with E-state index in [4.69, 9.17) is 12.2 Å². The van der Waals surface area contributed by atoms with Crippen molar-refractivity contribution in [3.8, 4) is 5.75 Å². The Balaban J connectivity index is 0.00000280. The van der Waals surface area contributed by atoms with Crippen LogP contribution in [0.5, 0.6) is 5.75 Å². The standard InChI is InChI=1S/C17H10FN3O5S.ClH/c18-11-3-1-2-4-12(11)20-16(24)10(15(23)19-17(20)27)7-9-5-6-14(22)13(8-9)21(25)26;/h1-8,22H,(H,19,23,27);1H. The number of thiocarbonyl (C=S) groups is 1. The molecule has 2 N–H and O–H groups in total. The summed E-state index contributed by atoms with van der Waals surface area (Å²) in [6.07, 6.45) is 1.10. The predicted octanol–water partition coefficient (Wildman–Crippen LogP) is 2.69. The number of para-hydroxylation sites is 1. The molecule has 1 aliphatic rings. The van der Waals surface area contributed by atoms with Crippen molar-refractivity contribution in [3.63, 3.8) is 0 Å². The summed E-state index contributed by atoms with van der Waals surface area (Å²) in [5.41, 5.74) is -1.00. The van der Waals surface area contributed by atoms with E-state index >= 15 is 0 Å². The smallest absolute Gasteiger partial charge is 0.311 e. The lowest BCUT2D eigenvalue weighted by Gasteiger charge is -2.29. The second-order valence-corrected chi connectivity index (χ2v) is 5.80. The summed E-state index contributed by atoms with van der Waals surface area (Å²) in [7, 11) is 0. The maximum absolute atomic E-state index is 14.1. The first-order chi connectivity index (χ1) is 12.8. The molecule has 1 aliphatic heterocycles. The molecule has 0 bridgehead atoms. The minimum Gasteiger partial charge on any atom is -0.502 e. The van der Waals surface area contributed by atoms with Gasteiger partial charge in [-0.15, -0.1) is 12.4 Å². The predicted molar refractivity (Wildman–Crippen MR) is 105 cm³/mol. The molecule has 2 amide bonds. The van der Waals surface area contributed by atoms with Crippen molar-refractivity contribution in [2.45, 2.75) is 0 Å². The largest absolute Gasteiger partial charge is 0.502 e. The topological polar surface area (TPSA) is 113 Å². The van der Waals surface area contributed by atoms with E-state index in [1.54, 1.807) is 0 Å². The molecule has 1 heterocycles. The molecule has 1 fully saturated rings. The third-order valence-corrected chi connectivity index (χ3v) is 3.99. The first-order valence-corrected chi connectivity index (χ1v) is 7.84. The van der Waals surface area contributed by atoms with E-state index in [0.717, 1.165) is 29.2 Å². The molecular weight excluding hydrogens is 413 g/mol. The van der Waals surface area contributed by atoms with E-state index in [2.05, 4.69) is 5.32 Å². The van der Waals surface area contributed by atoms with Crippen LogP contribution in [0.2, 0.25) is 0 Å². The van der Waals surface area contributed by atoms with Gasteiger partial charge in [0.15, 0.2) is 10.9 Å². The molecule has 0 aliphatic carbocycles. The molecule has 0 aromatic heterocycles. The lowest BCUT2D eigenvalue weighted by Crippen LogP contribution is -2.54. The fourth-order valence-corrected chi connectivity index (χ4v) is 2.73. The van der Waals surface area contributed by atoms with Crippen LogP contribution in [0.4, 0.5) is 15.8 Å². The number of hydrogen-bond donors (Lipinski definition) is 2. The van der Waals surface area contributed by atoms with E-state index < -0.39 is 39.6 Å². The number of nitro groups is 1. The fourth-order valence-electron chi connectivity index (χ4n) is 2.45. The Labute approximate surface area is 168 Å². The fraction of sp³-hybridized carbons (Fsp3) is 0. The minimum atomic E-state index is -0.885. The number of halogens is 2. The number of rotatable bonds is 3. The number of anilines is 1. The Morgan fingerprint density at radius 2 is 1.89 bits per heavy atom. The van der Waals surface area contributed by atoms with Gasteiger partial charge < -0.3 is 5.11 Å². The quantitative estimate of drug-likeness (QED) is 0.258.